The molecule has 0 aliphatic carbocycles. The Morgan fingerprint density at radius 1 is 1.35 bits per heavy atom. The number of hydrogen-bond acceptors (Lipinski definition) is 3. The van der Waals surface area contributed by atoms with Crippen molar-refractivity contribution in [3.05, 3.63) is 27.7 Å². The van der Waals surface area contributed by atoms with Crippen LogP contribution < -0.4 is 10.6 Å². The number of nitrogens with one attached hydrogen (secondary N) is 2. The molecule has 0 aliphatic rings. The number of aromatic nitrogens is 1. The first kappa shape index (κ1) is 19.4. The second kappa shape index (κ2) is 11.1. The van der Waals surface area contributed by atoms with Crippen molar-refractivity contribution in [3.8, 4) is 0 Å². The summed E-state index contributed by atoms with van der Waals surface area (Å²) >= 11 is 1.72. The van der Waals surface area contributed by atoms with E-state index in [9.17, 15) is 0 Å². The van der Waals surface area contributed by atoms with Gasteiger partial charge in [-0.15, -0.1) is 35.3 Å². The summed E-state index contributed by atoms with van der Waals surface area (Å²) in [6.07, 6.45) is 5.22. The fourth-order valence-corrected chi connectivity index (χ4v) is 2.39. The summed E-state index contributed by atoms with van der Waals surface area (Å²) in [6.45, 7) is 10.6. The van der Waals surface area contributed by atoms with Crippen molar-refractivity contribution < 1.29 is 0 Å². The summed E-state index contributed by atoms with van der Waals surface area (Å²) in [5, 5.41) is 7.62. The molecule has 1 aromatic heterocycles. The molecule has 0 saturated carbocycles. The smallest absolute Gasteiger partial charge is 0.191 e. The molecule has 4 nitrogen and oxygen atoms in total. The number of guanidine groups is 1. The van der Waals surface area contributed by atoms with Gasteiger partial charge in [-0.25, -0.2) is 9.98 Å². The van der Waals surface area contributed by atoms with E-state index in [0.717, 1.165) is 36.2 Å². The van der Waals surface area contributed by atoms with Gasteiger partial charge >= 0.3 is 0 Å². The zero-order valence-electron chi connectivity index (χ0n) is 12.7. The van der Waals surface area contributed by atoms with Gasteiger partial charge in [0.1, 0.15) is 5.01 Å². The van der Waals surface area contributed by atoms with E-state index in [4.69, 9.17) is 0 Å². The van der Waals surface area contributed by atoms with Crippen LogP contribution in [0.4, 0.5) is 0 Å². The van der Waals surface area contributed by atoms with Gasteiger partial charge in [-0.3, -0.25) is 0 Å². The zero-order chi connectivity index (χ0) is 14.1. The molecule has 6 heteroatoms. The molecule has 0 amide bonds. The Balaban J connectivity index is 0.00000361. The molecule has 0 radical (unpaired) electrons. The zero-order valence-corrected chi connectivity index (χ0v) is 15.8. The van der Waals surface area contributed by atoms with Crippen LogP contribution in [0.5, 0.6) is 0 Å². The van der Waals surface area contributed by atoms with Crippen LogP contribution in [0.15, 0.2) is 17.1 Å². The number of halogens is 1. The Morgan fingerprint density at radius 3 is 2.65 bits per heavy atom. The van der Waals surface area contributed by atoms with E-state index in [1.807, 2.05) is 13.8 Å². The summed E-state index contributed by atoms with van der Waals surface area (Å²) in [5.41, 5.74) is 1.11. The minimum atomic E-state index is 0. The van der Waals surface area contributed by atoms with Crippen LogP contribution in [0.2, 0.25) is 0 Å². The molecule has 1 aromatic rings. The van der Waals surface area contributed by atoms with Gasteiger partial charge in [0.25, 0.3) is 0 Å². The quantitative estimate of drug-likeness (QED) is 0.249. The standard InChI is InChI=1S/C14H24N4S.HI/c1-5-7-8-9-16-14(15-6-2)17-10-13-18-11(3)12(4)19-13;/h5,7H,6,8-10H2,1-4H3,(H2,15,16,17);1H. The Morgan fingerprint density at radius 2 is 2.10 bits per heavy atom. The van der Waals surface area contributed by atoms with Crippen molar-refractivity contribution in [3.63, 3.8) is 0 Å². The van der Waals surface area contributed by atoms with Gasteiger partial charge in [-0.05, 0) is 34.1 Å². The Labute approximate surface area is 143 Å². The van der Waals surface area contributed by atoms with Gasteiger partial charge in [-0.1, -0.05) is 12.2 Å². The fourth-order valence-electron chi connectivity index (χ4n) is 1.54. The fraction of sp³-hybridized carbons (Fsp3) is 0.571. The average molecular weight is 408 g/mol. The maximum absolute atomic E-state index is 4.55. The molecule has 1 rings (SSSR count). The maximum atomic E-state index is 4.55. The minimum Gasteiger partial charge on any atom is -0.357 e. The lowest BCUT2D eigenvalue weighted by Crippen LogP contribution is -2.37. The van der Waals surface area contributed by atoms with Crippen LogP contribution in [0.3, 0.4) is 0 Å². The van der Waals surface area contributed by atoms with Crippen LogP contribution in [-0.4, -0.2) is 24.0 Å². The highest BCUT2D eigenvalue weighted by molar-refractivity contribution is 14.0. The van der Waals surface area contributed by atoms with E-state index in [0.29, 0.717) is 6.54 Å². The van der Waals surface area contributed by atoms with Crippen LogP contribution in [-0.2, 0) is 6.54 Å². The number of thiazole rings is 1. The molecular weight excluding hydrogens is 383 g/mol. The van der Waals surface area contributed by atoms with Crippen molar-refractivity contribution in [1.82, 2.24) is 15.6 Å². The molecule has 0 fully saturated rings. The summed E-state index contributed by atoms with van der Waals surface area (Å²) in [7, 11) is 0. The van der Waals surface area contributed by atoms with Gasteiger partial charge in [0, 0.05) is 18.0 Å². The Kier molecular flexibility index (Phi) is 10.7. The largest absolute Gasteiger partial charge is 0.357 e. The van der Waals surface area contributed by atoms with Gasteiger partial charge < -0.3 is 10.6 Å². The number of allylic oxidation sites excluding steroid dienone is 1. The lowest BCUT2D eigenvalue weighted by Gasteiger charge is -2.09. The Bertz CT molecular complexity index is 421. The third kappa shape index (κ3) is 7.23. The first-order chi connectivity index (χ1) is 9.17. The molecule has 0 bridgehead atoms. The molecule has 114 valence electrons. The van der Waals surface area contributed by atoms with E-state index in [1.165, 1.54) is 4.88 Å². The maximum Gasteiger partial charge on any atom is 0.191 e. The summed E-state index contributed by atoms with van der Waals surface area (Å²) in [4.78, 5) is 10.3. The summed E-state index contributed by atoms with van der Waals surface area (Å²) in [5.74, 6) is 0.859. The highest BCUT2D eigenvalue weighted by Crippen LogP contribution is 2.16. The normalized spacial score (nSPS) is 11.5. The van der Waals surface area contributed by atoms with Gasteiger partial charge in [0.15, 0.2) is 5.96 Å². The van der Waals surface area contributed by atoms with E-state index in [-0.39, 0.29) is 24.0 Å². The number of nitrogens with zero attached hydrogens (tertiary/aromatic N) is 2. The second-order valence-corrected chi connectivity index (χ2v) is 5.52. The van der Waals surface area contributed by atoms with Crippen molar-refractivity contribution in [2.75, 3.05) is 13.1 Å². The summed E-state index contributed by atoms with van der Waals surface area (Å²) in [6, 6.07) is 0. The number of hydrogen-bond donors (Lipinski definition) is 2. The summed E-state index contributed by atoms with van der Waals surface area (Å²) < 4.78 is 0. The van der Waals surface area contributed by atoms with Crippen molar-refractivity contribution in [2.24, 2.45) is 4.99 Å². The molecule has 0 unspecified atom stereocenters. The van der Waals surface area contributed by atoms with E-state index in [2.05, 4.69) is 46.6 Å². The van der Waals surface area contributed by atoms with Crippen molar-refractivity contribution in [1.29, 1.82) is 0 Å². The Hall–Kier alpha value is -0.630. The molecule has 0 atom stereocenters. The van der Waals surface area contributed by atoms with E-state index < -0.39 is 0 Å². The van der Waals surface area contributed by atoms with Crippen molar-refractivity contribution in [2.45, 2.75) is 40.7 Å². The predicted molar refractivity (Wildman–Crippen MR) is 99.3 cm³/mol. The molecule has 0 spiro atoms. The van der Waals surface area contributed by atoms with E-state index in [1.54, 1.807) is 11.3 Å². The number of aryl methyl sites for hydroxylation is 2. The van der Waals surface area contributed by atoms with Gasteiger partial charge in [0.05, 0.1) is 12.2 Å². The SMILES string of the molecule is CC=CCCNC(=NCc1nc(C)c(C)s1)NCC.I. The number of aliphatic imine (C=N–C) groups is 1. The molecule has 0 saturated heterocycles. The van der Waals surface area contributed by atoms with Crippen LogP contribution in [0.25, 0.3) is 0 Å². The predicted octanol–water partition coefficient (Wildman–Crippen LogP) is 3.40. The van der Waals surface area contributed by atoms with E-state index >= 15 is 0 Å². The van der Waals surface area contributed by atoms with Crippen LogP contribution >= 0.6 is 35.3 Å². The molecular formula is C14H25IN4S. The van der Waals surface area contributed by atoms with Gasteiger partial charge in [-0.2, -0.15) is 0 Å². The lowest BCUT2D eigenvalue weighted by molar-refractivity contribution is 0.808. The topological polar surface area (TPSA) is 49.3 Å². The molecule has 2 N–H and O–H groups in total. The molecule has 20 heavy (non-hydrogen) atoms. The third-order valence-electron chi connectivity index (χ3n) is 2.63. The number of rotatable bonds is 6. The first-order valence-corrected chi connectivity index (χ1v) is 7.55. The first-order valence-electron chi connectivity index (χ1n) is 6.73. The lowest BCUT2D eigenvalue weighted by atomic mass is 10.4. The average Bonchev–Trinajstić information content (AvgIpc) is 2.71. The van der Waals surface area contributed by atoms with Crippen molar-refractivity contribution >= 4 is 41.3 Å². The monoisotopic (exact) mass is 408 g/mol. The van der Waals surface area contributed by atoms with Crippen LogP contribution in [0, 0.1) is 13.8 Å². The van der Waals surface area contributed by atoms with Gasteiger partial charge in [0.2, 0.25) is 0 Å². The minimum absolute atomic E-state index is 0. The van der Waals surface area contributed by atoms with Crippen LogP contribution in [0.1, 0.15) is 35.8 Å². The highest BCUT2D eigenvalue weighted by atomic mass is 127. The molecule has 0 aliphatic heterocycles. The molecule has 1 heterocycles. The highest BCUT2D eigenvalue weighted by Gasteiger charge is 2.03. The second-order valence-electron chi connectivity index (χ2n) is 4.23. The third-order valence-corrected chi connectivity index (χ3v) is 3.69. The molecule has 0 aromatic carbocycles.